The molecule has 2 N–H and O–H groups in total. The van der Waals surface area contributed by atoms with Gasteiger partial charge in [0.1, 0.15) is 17.1 Å². The van der Waals surface area contributed by atoms with E-state index in [0.717, 1.165) is 21.0 Å². The number of benzene rings is 3. The van der Waals surface area contributed by atoms with Crippen LogP contribution in [0.1, 0.15) is 16.7 Å². The van der Waals surface area contributed by atoms with Crippen molar-refractivity contribution < 1.29 is 19.4 Å². The van der Waals surface area contributed by atoms with E-state index in [1.165, 1.54) is 0 Å². The number of fused-ring (bicyclic) bond motifs is 1. The van der Waals surface area contributed by atoms with E-state index in [9.17, 15) is 15.0 Å². The van der Waals surface area contributed by atoms with Crippen LogP contribution in [0.3, 0.4) is 0 Å². The van der Waals surface area contributed by atoms with Crippen LogP contribution in [0.5, 0.6) is 11.5 Å². The molecule has 0 radical (unpaired) electrons. The lowest BCUT2D eigenvalue weighted by molar-refractivity contribution is 0.122. The number of anilines is 1. The van der Waals surface area contributed by atoms with E-state index in [1.54, 1.807) is 36.5 Å². The lowest BCUT2D eigenvalue weighted by atomic mass is 9.95. The predicted octanol–water partition coefficient (Wildman–Crippen LogP) is 5.83. The zero-order valence-electron chi connectivity index (χ0n) is 21.7. The molecule has 3 heterocycles. The predicted molar refractivity (Wildman–Crippen MR) is 157 cm³/mol. The fraction of sp³-hybridized carbons (Fsp3) is 0.194. The van der Waals surface area contributed by atoms with Gasteiger partial charge in [-0.15, -0.1) is 0 Å². The summed E-state index contributed by atoms with van der Waals surface area (Å²) in [6, 6.07) is 17.9. The highest BCUT2D eigenvalue weighted by molar-refractivity contribution is 9.10. The Labute approximate surface area is 238 Å². The van der Waals surface area contributed by atoms with Gasteiger partial charge in [-0.25, -0.2) is 14.8 Å². The summed E-state index contributed by atoms with van der Waals surface area (Å²) in [5.41, 5.74) is 3.98. The molecule has 0 atom stereocenters. The molecule has 0 amide bonds. The Morgan fingerprint density at radius 3 is 2.52 bits per heavy atom. The summed E-state index contributed by atoms with van der Waals surface area (Å²) >= 11 is 3.50. The highest BCUT2D eigenvalue weighted by atomic mass is 79.9. The van der Waals surface area contributed by atoms with Crippen molar-refractivity contribution in [1.29, 1.82) is 0 Å². The quantitative estimate of drug-likeness (QED) is 0.243. The molecule has 9 heteroatoms. The maximum atomic E-state index is 13.2. The van der Waals surface area contributed by atoms with Gasteiger partial charge >= 0.3 is 5.63 Å². The van der Waals surface area contributed by atoms with E-state index in [0.29, 0.717) is 65.8 Å². The molecule has 1 fully saturated rings. The minimum Gasteiger partial charge on any atom is -0.508 e. The second-order valence-electron chi connectivity index (χ2n) is 9.68. The molecule has 1 saturated heterocycles. The molecule has 40 heavy (non-hydrogen) atoms. The van der Waals surface area contributed by atoms with Gasteiger partial charge in [0.15, 0.2) is 0 Å². The lowest BCUT2D eigenvalue weighted by Gasteiger charge is -2.27. The number of phenolic OH excluding ortho intramolecular Hbond substituents is 2. The Hall–Kier alpha value is -4.21. The third kappa shape index (κ3) is 4.82. The van der Waals surface area contributed by atoms with Gasteiger partial charge < -0.3 is 24.3 Å². The van der Waals surface area contributed by atoms with Crippen molar-refractivity contribution in [1.82, 2.24) is 9.97 Å². The Kier molecular flexibility index (Phi) is 7.00. The number of phenols is 2. The van der Waals surface area contributed by atoms with Crippen LogP contribution in [0.2, 0.25) is 0 Å². The Balaban J connectivity index is 1.51. The molecular weight excluding hydrogens is 574 g/mol. The van der Waals surface area contributed by atoms with Crippen LogP contribution >= 0.6 is 15.9 Å². The maximum Gasteiger partial charge on any atom is 0.344 e. The molecule has 0 saturated carbocycles. The molecule has 0 spiro atoms. The van der Waals surface area contributed by atoms with E-state index < -0.39 is 5.63 Å². The van der Waals surface area contributed by atoms with Crippen molar-refractivity contribution in [2.45, 2.75) is 13.3 Å². The van der Waals surface area contributed by atoms with Crippen molar-refractivity contribution in [3.8, 4) is 33.9 Å². The number of aromatic hydroxyl groups is 2. The highest BCUT2D eigenvalue weighted by Crippen LogP contribution is 2.38. The average molecular weight is 600 g/mol. The standard InChI is InChI=1S/C31H26BrN3O5/c1-18-22-8-10-26(37)24(29(22)40-30(38)27(18)19-5-3-2-4-6-19)15-20-17-33-31(35-11-13-39-14-12-35)34-28(20)23-16-21(32)7-9-25(23)36/h2-10,16-17,36-37H,11-15H2,1H3. The zero-order valence-corrected chi connectivity index (χ0v) is 23.3. The van der Waals surface area contributed by atoms with Gasteiger partial charge in [0.2, 0.25) is 5.95 Å². The van der Waals surface area contributed by atoms with E-state index in [1.807, 2.05) is 42.2 Å². The first-order valence-corrected chi connectivity index (χ1v) is 13.7. The molecule has 0 bridgehead atoms. The van der Waals surface area contributed by atoms with Crippen molar-refractivity contribution in [2.75, 3.05) is 31.2 Å². The smallest absolute Gasteiger partial charge is 0.344 e. The van der Waals surface area contributed by atoms with Crippen molar-refractivity contribution in [3.05, 3.63) is 98.4 Å². The number of halogens is 1. The number of morpholine rings is 1. The molecule has 5 aromatic rings. The molecule has 3 aromatic carbocycles. The molecule has 6 rings (SSSR count). The van der Waals surface area contributed by atoms with Crippen LogP contribution in [0, 0.1) is 6.92 Å². The van der Waals surface area contributed by atoms with Crippen LogP contribution in [-0.2, 0) is 11.2 Å². The van der Waals surface area contributed by atoms with E-state index in [4.69, 9.17) is 14.1 Å². The number of aromatic nitrogens is 2. The molecule has 8 nitrogen and oxygen atoms in total. The lowest BCUT2D eigenvalue weighted by Crippen LogP contribution is -2.37. The summed E-state index contributed by atoms with van der Waals surface area (Å²) in [5, 5.41) is 22.5. The summed E-state index contributed by atoms with van der Waals surface area (Å²) < 4.78 is 12.1. The SMILES string of the molecule is Cc1c(-c2ccccc2)c(=O)oc2c(Cc3cnc(N4CCOCC4)nc3-c3cc(Br)ccc3O)c(O)ccc12. The third-order valence-electron chi connectivity index (χ3n) is 7.20. The molecule has 0 unspecified atom stereocenters. The van der Waals surface area contributed by atoms with Gasteiger partial charge in [-0.3, -0.25) is 0 Å². The van der Waals surface area contributed by atoms with Crippen LogP contribution in [0.4, 0.5) is 5.95 Å². The Bertz CT molecular complexity index is 1780. The fourth-order valence-corrected chi connectivity index (χ4v) is 5.50. The second-order valence-corrected chi connectivity index (χ2v) is 10.6. The summed E-state index contributed by atoms with van der Waals surface area (Å²) in [5.74, 6) is 0.579. The van der Waals surface area contributed by atoms with Gasteiger partial charge in [0.25, 0.3) is 0 Å². The van der Waals surface area contributed by atoms with E-state index in [-0.39, 0.29) is 17.9 Å². The van der Waals surface area contributed by atoms with Gasteiger partial charge in [0, 0.05) is 52.3 Å². The molecule has 1 aliphatic heterocycles. The van der Waals surface area contributed by atoms with Gasteiger partial charge in [0.05, 0.1) is 24.5 Å². The normalized spacial score (nSPS) is 13.6. The number of hydrogen-bond donors (Lipinski definition) is 2. The topological polar surface area (TPSA) is 109 Å². The number of hydrogen-bond acceptors (Lipinski definition) is 8. The van der Waals surface area contributed by atoms with Gasteiger partial charge in [-0.1, -0.05) is 46.3 Å². The van der Waals surface area contributed by atoms with Crippen molar-refractivity contribution in [3.63, 3.8) is 0 Å². The average Bonchev–Trinajstić information content (AvgIpc) is 2.97. The minimum absolute atomic E-state index is 0.0100. The number of aryl methyl sites for hydroxylation is 1. The number of nitrogens with zero attached hydrogens (tertiary/aromatic N) is 3. The number of rotatable bonds is 5. The summed E-state index contributed by atoms with van der Waals surface area (Å²) in [6.07, 6.45) is 1.87. The van der Waals surface area contributed by atoms with Crippen LogP contribution in [-0.4, -0.2) is 46.5 Å². The number of ether oxygens (including phenoxy) is 1. The van der Waals surface area contributed by atoms with E-state index >= 15 is 0 Å². The molecular formula is C31H26BrN3O5. The minimum atomic E-state index is -0.480. The zero-order chi connectivity index (χ0) is 27.8. The van der Waals surface area contributed by atoms with Gasteiger partial charge in [-0.2, -0.15) is 0 Å². The first-order valence-electron chi connectivity index (χ1n) is 12.9. The second kappa shape index (κ2) is 10.7. The summed E-state index contributed by atoms with van der Waals surface area (Å²) in [7, 11) is 0. The molecule has 1 aliphatic rings. The van der Waals surface area contributed by atoms with E-state index in [2.05, 4.69) is 20.9 Å². The Morgan fingerprint density at radius 1 is 1.00 bits per heavy atom. The Morgan fingerprint density at radius 2 is 1.75 bits per heavy atom. The maximum absolute atomic E-state index is 13.2. The van der Waals surface area contributed by atoms with Gasteiger partial charge in [-0.05, 0) is 48.4 Å². The summed E-state index contributed by atoms with van der Waals surface area (Å²) in [6.45, 7) is 4.35. The fourth-order valence-electron chi connectivity index (χ4n) is 5.13. The van der Waals surface area contributed by atoms with Crippen molar-refractivity contribution in [2.24, 2.45) is 0 Å². The first-order chi connectivity index (χ1) is 19.4. The van der Waals surface area contributed by atoms with Crippen LogP contribution in [0.15, 0.2) is 80.5 Å². The largest absolute Gasteiger partial charge is 0.508 e. The third-order valence-corrected chi connectivity index (χ3v) is 7.70. The molecule has 2 aromatic heterocycles. The highest BCUT2D eigenvalue weighted by Gasteiger charge is 2.22. The van der Waals surface area contributed by atoms with Crippen LogP contribution < -0.4 is 10.5 Å². The monoisotopic (exact) mass is 599 g/mol. The summed E-state index contributed by atoms with van der Waals surface area (Å²) in [4.78, 5) is 24.8. The molecule has 202 valence electrons. The molecule has 0 aliphatic carbocycles. The first kappa shape index (κ1) is 26.0. The van der Waals surface area contributed by atoms with Crippen LogP contribution in [0.25, 0.3) is 33.4 Å². The van der Waals surface area contributed by atoms with Crippen molar-refractivity contribution >= 4 is 32.8 Å².